The Morgan fingerprint density at radius 3 is 1.74 bits per heavy atom. The molecule has 0 amide bonds. The number of hydrogen-bond donors (Lipinski definition) is 0. The summed E-state index contributed by atoms with van der Waals surface area (Å²) in [6, 6.07) is 19.8. The molecule has 2 aliphatic carbocycles. The SMILES string of the molecule is CC(ON(C(c1ccccc1)C(C)C)C(C)(C)C)c1ccc(CP(=O)(C2CCCCC2)C2CCCCC2)cc1. The molecule has 2 saturated carbocycles. The van der Waals surface area contributed by atoms with E-state index in [-0.39, 0.29) is 17.7 Å². The normalized spacial score (nSPS) is 19.9. The van der Waals surface area contributed by atoms with E-state index in [9.17, 15) is 4.57 Å². The van der Waals surface area contributed by atoms with E-state index < -0.39 is 7.14 Å². The molecule has 0 radical (unpaired) electrons. The van der Waals surface area contributed by atoms with E-state index in [0.717, 1.165) is 6.16 Å². The minimum absolute atomic E-state index is 0.0771. The second-order valence-electron chi connectivity index (χ2n) is 13.7. The van der Waals surface area contributed by atoms with E-state index >= 15 is 0 Å². The number of hydrogen-bond acceptors (Lipinski definition) is 3. The average Bonchev–Trinajstić information content (AvgIpc) is 2.94. The lowest BCUT2D eigenvalue weighted by Crippen LogP contribution is -2.46. The summed E-state index contributed by atoms with van der Waals surface area (Å²) in [4.78, 5) is 6.79. The van der Waals surface area contributed by atoms with Crippen molar-refractivity contribution < 1.29 is 9.40 Å². The molecule has 4 heteroatoms. The number of rotatable bonds is 10. The molecule has 0 bridgehead atoms. The van der Waals surface area contributed by atoms with Crippen molar-refractivity contribution in [3.05, 3.63) is 71.3 Å². The standard InChI is InChI=1S/C35H54NO2P/c1-27(2)34(31-16-10-7-11-17-31)36(35(4,5)6)38-28(3)30-24-22-29(23-25-30)26-39(37,32-18-12-8-13-19-32)33-20-14-9-15-21-33/h7,10-11,16-17,22-25,27-28,32-34H,8-9,12-15,18-21,26H2,1-6H3. The first kappa shape index (κ1) is 30.5. The fraction of sp³-hybridized carbons (Fsp3) is 0.657. The van der Waals surface area contributed by atoms with Crippen molar-refractivity contribution >= 4 is 7.14 Å². The molecule has 39 heavy (non-hydrogen) atoms. The van der Waals surface area contributed by atoms with Gasteiger partial charge >= 0.3 is 0 Å². The van der Waals surface area contributed by atoms with Crippen LogP contribution >= 0.6 is 7.14 Å². The Kier molecular flexibility index (Phi) is 10.6. The lowest BCUT2D eigenvalue weighted by molar-refractivity contribution is -0.272. The van der Waals surface area contributed by atoms with Crippen molar-refractivity contribution in [3.63, 3.8) is 0 Å². The van der Waals surface area contributed by atoms with Crippen LogP contribution in [-0.4, -0.2) is 21.9 Å². The van der Waals surface area contributed by atoms with Gasteiger partial charge in [0.25, 0.3) is 0 Å². The van der Waals surface area contributed by atoms with E-state index in [1.807, 2.05) is 0 Å². The molecule has 2 unspecified atom stereocenters. The lowest BCUT2D eigenvalue weighted by atomic mass is 9.92. The highest BCUT2D eigenvalue weighted by atomic mass is 31.2. The predicted octanol–water partition coefficient (Wildman–Crippen LogP) is 10.7. The van der Waals surface area contributed by atoms with E-state index in [1.165, 1.54) is 80.9 Å². The van der Waals surface area contributed by atoms with E-state index in [1.54, 1.807) is 0 Å². The van der Waals surface area contributed by atoms with Gasteiger partial charge in [-0.1, -0.05) is 107 Å². The molecule has 3 nitrogen and oxygen atoms in total. The third-order valence-corrected chi connectivity index (χ3v) is 13.6. The molecule has 2 aliphatic rings. The molecule has 4 rings (SSSR count). The zero-order chi connectivity index (χ0) is 28.0. The Morgan fingerprint density at radius 1 is 0.769 bits per heavy atom. The number of hydroxylamine groups is 2. The molecule has 2 fully saturated rings. The van der Waals surface area contributed by atoms with Gasteiger partial charge in [-0.05, 0) is 76.0 Å². The molecule has 0 N–H and O–H groups in total. The van der Waals surface area contributed by atoms with Crippen molar-refractivity contribution in [2.45, 2.75) is 141 Å². The first-order valence-corrected chi connectivity index (χ1v) is 17.8. The second kappa shape index (κ2) is 13.5. The highest BCUT2D eigenvalue weighted by molar-refractivity contribution is 7.64. The van der Waals surface area contributed by atoms with Crippen LogP contribution in [0.2, 0.25) is 0 Å². The summed E-state index contributed by atoms with van der Waals surface area (Å²) in [5.41, 5.74) is 4.44. The zero-order valence-electron chi connectivity index (χ0n) is 25.6. The van der Waals surface area contributed by atoms with Crippen molar-refractivity contribution in [1.29, 1.82) is 0 Å². The molecule has 216 valence electrons. The van der Waals surface area contributed by atoms with Crippen molar-refractivity contribution in [2.24, 2.45) is 5.92 Å². The number of nitrogens with zero attached hydrogens (tertiary/aromatic N) is 1. The molecule has 0 saturated heterocycles. The summed E-state index contributed by atoms with van der Waals surface area (Å²) in [6.45, 7) is 13.4. The lowest BCUT2D eigenvalue weighted by Gasteiger charge is -2.44. The van der Waals surface area contributed by atoms with Crippen molar-refractivity contribution in [1.82, 2.24) is 5.06 Å². The van der Waals surface area contributed by atoms with Crippen molar-refractivity contribution in [3.8, 4) is 0 Å². The van der Waals surface area contributed by atoms with Gasteiger partial charge < -0.3 is 4.57 Å². The Bertz CT molecular complexity index is 1020. The second-order valence-corrected chi connectivity index (χ2v) is 17.2. The van der Waals surface area contributed by atoms with Crippen LogP contribution in [-0.2, 0) is 15.6 Å². The van der Waals surface area contributed by atoms with Gasteiger partial charge in [0.2, 0.25) is 0 Å². The Hall–Kier alpha value is -1.41. The molecule has 0 aromatic heterocycles. The maximum absolute atomic E-state index is 14.8. The van der Waals surface area contributed by atoms with Gasteiger partial charge in [-0.15, -0.1) is 0 Å². The highest BCUT2D eigenvalue weighted by Gasteiger charge is 2.41. The molecule has 0 spiro atoms. The summed E-state index contributed by atoms with van der Waals surface area (Å²) >= 11 is 0. The summed E-state index contributed by atoms with van der Waals surface area (Å²) in [5.74, 6) is 0.398. The molecule has 2 atom stereocenters. The van der Waals surface area contributed by atoms with E-state index in [4.69, 9.17) is 4.84 Å². The minimum atomic E-state index is -2.27. The number of benzene rings is 2. The maximum Gasteiger partial charge on any atom is 0.102 e. The van der Waals surface area contributed by atoms with Gasteiger partial charge in [0.15, 0.2) is 0 Å². The van der Waals surface area contributed by atoms with Crippen LogP contribution in [0.4, 0.5) is 0 Å². The molecule has 0 aliphatic heterocycles. The van der Waals surface area contributed by atoms with Gasteiger partial charge in [0.1, 0.15) is 6.10 Å². The fourth-order valence-corrected chi connectivity index (χ4v) is 11.5. The van der Waals surface area contributed by atoms with Crippen LogP contribution in [0.1, 0.15) is 135 Å². The van der Waals surface area contributed by atoms with Gasteiger partial charge in [0, 0.05) is 23.0 Å². The highest BCUT2D eigenvalue weighted by Crippen LogP contribution is 2.64. The van der Waals surface area contributed by atoms with Crippen LogP contribution in [0.15, 0.2) is 54.6 Å². The van der Waals surface area contributed by atoms with Crippen LogP contribution in [0.5, 0.6) is 0 Å². The molecule has 0 heterocycles. The van der Waals surface area contributed by atoms with E-state index in [0.29, 0.717) is 17.2 Å². The third kappa shape index (κ3) is 7.66. The quantitative estimate of drug-likeness (QED) is 0.217. The van der Waals surface area contributed by atoms with Crippen molar-refractivity contribution in [2.75, 3.05) is 0 Å². The Balaban J connectivity index is 1.52. The Labute approximate surface area is 239 Å². The van der Waals surface area contributed by atoms with Crippen LogP contribution in [0.3, 0.4) is 0 Å². The smallest absolute Gasteiger partial charge is 0.102 e. The third-order valence-electron chi connectivity index (χ3n) is 9.22. The Morgan fingerprint density at radius 2 is 1.28 bits per heavy atom. The summed E-state index contributed by atoms with van der Waals surface area (Å²) in [5, 5.41) is 2.21. The maximum atomic E-state index is 14.8. The fourth-order valence-electron chi connectivity index (χ4n) is 7.09. The monoisotopic (exact) mass is 551 g/mol. The summed E-state index contributed by atoms with van der Waals surface area (Å²) in [7, 11) is -2.27. The van der Waals surface area contributed by atoms with Crippen LogP contribution in [0.25, 0.3) is 0 Å². The van der Waals surface area contributed by atoms with E-state index in [2.05, 4.69) is 101 Å². The average molecular weight is 552 g/mol. The van der Waals surface area contributed by atoms with Gasteiger partial charge in [-0.2, -0.15) is 5.06 Å². The van der Waals surface area contributed by atoms with Gasteiger partial charge in [0.05, 0.1) is 13.2 Å². The zero-order valence-corrected chi connectivity index (χ0v) is 26.5. The van der Waals surface area contributed by atoms with Gasteiger partial charge in [-0.25, -0.2) is 0 Å². The topological polar surface area (TPSA) is 29.5 Å². The molecule has 2 aromatic carbocycles. The van der Waals surface area contributed by atoms with Crippen LogP contribution in [0, 0.1) is 5.92 Å². The minimum Gasteiger partial charge on any atom is -0.323 e. The van der Waals surface area contributed by atoms with Gasteiger partial charge in [-0.3, -0.25) is 4.84 Å². The summed E-state index contributed by atoms with van der Waals surface area (Å²) < 4.78 is 14.8. The predicted molar refractivity (Wildman–Crippen MR) is 167 cm³/mol. The largest absolute Gasteiger partial charge is 0.323 e. The summed E-state index contributed by atoms with van der Waals surface area (Å²) in [6.07, 6.45) is 13.1. The first-order chi connectivity index (χ1) is 18.6. The molecular weight excluding hydrogens is 497 g/mol. The molecular formula is C35H54NO2P. The first-order valence-electron chi connectivity index (χ1n) is 15.8. The van der Waals surface area contributed by atoms with Crippen LogP contribution < -0.4 is 0 Å². The molecule has 2 aromatic rings.